The van der Waals surface area contributed by atoms with Crippen molar-refractivity contribution in [1.82, 2.24) is 4.90 Å². The van der Waals surface area contributed by atoms with Crippen LogP contribution in [0.15, 0.2) is 51.7 Å². The number of nitro groups is 1. The highest BCUT2D eigenvalue weighted by Crippen LogP contribution is 2.37. The van der Waals surface area contributed by atoms with E-state index in [1.807, 2.05) is 0 Å². The zero-order chi connectivity index (χ0) is 18.6. The van der Waals surface area contributed by atoms with Crippen LogP contribution in [0, 0.1) is 10.1 Å². The van der Waals surface area contributed by atoms with Crippen LogP contribution in [0.5, 0.6) is 0 Å². The molecule has 7 nitrogen and oxygen atoms in total. The number of nitro benzene ring substituents is 1. The Bertz CT molecular complexity index is 1140. The van der Waals surface area contributed by atoms with Crippen molar-refractivity contribution in [2.45, 2.75) is 6.04 Å². The maximum atomic E-state index is 13.0. The lowest BCUT2D eigenvalue weighted by Gasteiger charge is -2.20. The van der Waals surface area contributed by atoms with Gasteiger partial charge in [-0.3, -0.25) is 19.7 Å². The Kier molecular flexibility index (Phi) is 3.55. The van der Waals surface area contributed by atoms with Crippen molar-refractivity contribution in [3.8, 4) is 0 Å². The van der Waals surface area contributed by atoms with Gasteiger partial charge in [0, 0.05) is 24.2 Å². The number of benzene rings is 2. The number of halogens is 1. The van der Waals surface area contributed by atoms with E-state index in [1.54, 1.807) is 19.2 Å². The Morgan fingerprint density at radius 1 is 1.15 bits per heavy atom. The molecular formula is C18H11ClN2O5. The van der Waals surface area contributed by atoms with Crippen LogP contribution in [0.25, 0.3) is 11.0 Å². The summed E-state index contributed by atoms with van der Waals surface area (Å²) in [7, 11) is 1.56. The van der Waals surface area contributed by atoms with Crippen molar-refractivity contribution in [1.29, 1.82) is 0 Å². The van der Waals surface area contributed by atoms with Gasteiger partial charge in [0.05, 0.1) is 21.9 Å². The quantitative estimate of drug-likeness (QED) is 0.508. The molecule has 26 heavy (non-hydrogen) atoms. The van der Waals surface area contributed by atoms with Crippen LogP contribution in [0.4, 0.5) is 5.69 Å². The van der Waals surface area contributed by atoms with Crippen molar-refractivity contribution in [2.75, 3.05) is 7.05 Å². The molecule has 1 atom stereocenters. The molecule has 8 heteroatoms. The molecule has 1 aliphatic rings. The summed E-state index contributed by atoms with van der Waals surface area (Å²) in [5, 5.41) is 11.5. The van der Waals surface area contributed by atoms with Crippen LogP contribution in [0.3, 0.4) is 0 Å². The molecule has 2 aromatic carbocycles. The number of carbonyl (C=O) groups excluding carboxylic acids is 1. The topological polar surface area (TPSA) is 93.7 Å². The standard InChI is InChI=1S/C18H11ClN2O5/c1-20-15(9-2-5-11(6-3-9)21(24)25)14-16(22)12-8-10(19)4-7-13(12)26-17(14)18(20)23/h2-8,15H,1H3. The zero-order valence-corrected chi connectivity index (χ0v) is 14.2. The van der Waals surface area contributed by atoms with Crippen molar-refractivity contribution in [2.24, 2.45) is 0 Å². The Morgan fingerprint density at radius 2 is 1.85 bits per heavy atom. The summed E-state index contributed by atoms with van der Waals surface area (Å²) in [4.78, 5) is 37.3. The number of carbonyl (C=O) groups is 1. The molecular weight excluding hydrogens is 360 g/mol. The van der Waals surface area contributed by atoms with E-state index >= 15 is 0 Å². The summed E-state index contributed by atoms with van der Waals surface area (Å²) >= 11 is 5.98. The monoisotopic (exact) mass is 370 g/mol. The summed E-state index contributed by atoms with van der Waals surface area (Å²) < 4.78 is 5.68. The van der Waals surface area contributed by atoms with Gasteiger partial charge in [0.1, 0.15) is 5.58 Å². The third-order valence-electron chi connectivity index (χ3n) is 4.48. The average molecular weight is 371 g/mol. The molecule has 0 bridgehead atoms. The van der Waals surface area contributed by atoms with Gasteiger partial charge >= 0.3 is 0 Å². The van der Waals surface area contributed by atoms with E-state index in [-0.39, 0.29) is 33.4 Å². The number of rotatable bonds is 2. The van der Waals surface area contributed by atoms with Gasteiger partial charge < -0.3 is 9.32 Å². The molecule has 1 aromatic heterocycles. The van der Waals surface area contributed by atoms with Gasteiger partial charge in [-0.25, -0.2) is 0 Å². The lowest BCUT2D eigenvalue weighted by molar-refractivity contribution is -0.384. The predicted octanol–water partition coefficient (Wildman–Crippen LogP) is 3.53. The second kappa shape index (κ2) is 5.67. The fourth-order valence-corrected chi connectivity index (χ4v) is 3.40. The van der Waals surface area contributed by atoms with Gasteiger partial charge in [0.15, 0.2) is 5.43 Å². The summed E-state index contributed by atoms with van der Waals surface area (Å²) in [6.07, 6.45) is 0. The molecule has 1 amide bonds. The van der Waals surface area contributed by atoms with Crippen LogP contribution >= 0.6 is 11.6 Å². The van der Waals surface area contributed by atoms with Crippen molar-refractivity contribution in [3.05, 3.63) is 84.7 Å². The maximum absolute atomic E-state index is 13.0. The number of nitrogens with zero attached hydrogens (tertiary/aromatic N) is 2. The van der Waals surface area contributed by atoms with Gasteiger partial charge in [0.25, 0.3) is 11.6 Å². The summed E-state index contributed by atoms with van der Waals surface area (Å²) in [5.74, 6) is -0.437. The molecule has 4 rings (SSSR count). The van der Waals surface area contributed by atoms with Crippen molar-refractivity contribution >= 4 is 34.2 Å². The van der Waals surface area contributed by atoms with Crippen LogP contribution in [-0.4, -0.2) is 22.8 Å². The minimum Gasteiger partial charge on any atom is -0.450 e. The van der Waals surface area contributed by atoms with Gasteiger partial charge in [-0.1, -0.05) is 11.6 Å². The number of amides is 1. The van der Waals surface area contributed by atoms with E-state index in [2.05, 4.69) is 0 Å². The lowest BCUT2D eigenvalue weighted by atomic mass is 9.98. The van der Waals surface area contributed by atoms with Gasteiger partial charge in [-0.2, -0.15) is 0 Å². The zero-order valence-electron chi connectivity index (χ0n) is 13.4. The normalized spacial score (nSPS) is 16.2. The fourth-order valence-electron chi connectivity index (χ4n) is 3.23. The first kappa shape index (κ1) is 16.3. The first-order valence-electron chi connectivity index (χ1n) is 7.66. The molecule has 0 saturated carbocycles. The second-order valence-electron chi connectivity index (χ2n) is 5.98. The summed E-state index contributed by atoms with van der Waals surface area (Å²) in [6.45, 7) is 0. The molecule has 130 valence electrons. The van der Waals surface area contributed by atoms with Gasteiger partial charge in [0.2, 0.25) is 5.76 Å². The highest BCUT2D eigenvalue weighted by atomic mass is 35.5. The third-order valence-corrected chi connectivity index (χ3v) is 4.72. The Labute approximate surface area is 151 Å². The first-order valence-corrected chi connectivity index (χ1v) is 8.04. The van der Waals surface area contributed by atoms with Crippen LogP contribution < -0.4 is 5.43 Å². The van der Waals surface area contributed by atoms with E-state index < -0.39 is 16.9 Å². The lowest BCUT2D eigenvalue weighted by Crippen LogP contribution is -2.25. The Morgan fingerprint density at radius 3 is 2.50 bits per heavy atom. The molecule has 1 unspecified atom stereocenters. The van der Waals surface area contributed by atoms with E-state index in [4.69, 9.17) is 16.0 Å². The Hall–Kier alpha value is -3.19. The van der Waals surface area contributed by atoms with Crippen molar-refractivity contribution in [3.63, 3.8) is 0 Å². The molecule has 3 aromatic rings. The molecule has 0 fully saturated rings. The Balaban J connectivity index is 1.96. The molecule has 0 spiro atoms. The molecule has 2 heterocycles. The smallest absolute Gasteiger partial charge is 0.290 e. The summed E-state index contributed by atoms with van der Waals surface area (Å²) in [6, 6.07) is 9.68. The van der Waals surface area contributed by atoms with E-state index in [0.717, 1.165) is 0 Å². The van der Waals surface area contributed by atoms with Gasteiger partial charge in [-0.15, -0.1) is 0 Å². The SMILES string of the molecule is CN1C(=O)c2oc3ccc(Cl)cc3c(=O)c2C1c1ccc([N+](=O)[O-])cc1. The first-order chi connectivity index (χ1) is 12.4. The third kappa shape index (κ3) is 2.28. The molecule has 0 N–H and O–H groups in total. The predicted molar refractivity (Wildman–Crippen MR) is 94.5 cm³/mol. The van der Waals surface area contributed by atoms with Crippen molar-refractivity contribution < 1.29 is 14.1 Å². The molecule has 0 saturated heterocycles. The molecule has 0 radical (unpaired) electrons. The van der Waals surface area contributed by atoms with Crippen LogP contribution in [0.2, 0.25) is 5.02 Å². The number of hydrogen-bond acceptors (Lipinski definition) is 5. The highest BCUT2D eigenvalue weighted by Gasteiger charge is 2.40. The highest BCUT2D eigenvalue weighted by molar-refractivity contribution is 6.31. The number of hydrogen-bond donors (Lipinski definition) is 0. The maximum Gasteiger partial charge on any atom is 0.290 e. The summed E-state index contributed by atoms with van der Waals surface area (Å²) in [5.41, 5.74) is 0.660. The largest absolute Gasteiger partial charge is 0.450 e. The minimum atomic E-state index is -0.682. The van der Waals surface area contributed by atoms with Crippen LogP contribution in [0.1, 0.15) is 27.7 Å². The fraction of sp³-hybridized carbons (Fsp3) is 0.111. The average Bonchev–Trinajstić information content (AvgIpc) is 2.87. The molecule has 1 aliphatic heterocycles. The number of fused-ring (bicyclic) bond motifs is 2. The van der Waals surface area contributed by atoms with Gasteiger partial charge in [-0.05, 0) is 35.9 Å². The van der Waals surface area contributed by atoms with E-state index in [0.29, 0.717) is 10.6 Å². The molecule has 0 aliphatic carbocycles. The number of non-ortho nitro benzene ring substituents is 1. The minimum absolute atomic E-state index is 0.0179. The van der Waals surface area contributed by atoms with E-state index in [9.17, 15) is 19.7 Å². The van der Waals surface area contributed by atoms with Crippen LogP contribution in [-0.2, 0) is 0 Å². The second-order valence-corrected chi connectivity index (χ2v) is 6.42. The van der Waals surface area contributed by atoms with E-state index in [1.165, 1.54) is 35.2 Å².